The average Bonchev–Trinajstić information content (AvgIpc) is 2.83. The molecule has 24 heavy (non-hydrogen) atoms. The molecule has 0 amide bonds. The van der Waals surface area contributed by atoms with Crippen molar-refractivity contribution in [1.82, 2.24) is 10.3 Å². The molecule has 0 saturated carbocycles. The van der Waals surface area contributed by atoms with Gasteiger partial charge in [0, 0.05) is 24.8 Å². The molecular formula is C14H14N4O6. The molecule has 0 unspecified atom stereocenters. The van der Waals surface area contributed by atoms with Gasteiger partial charge in [-0.25, -0.2) is 9.59 Å². The van der Waals surface area contributed by atoms with Crippen LogP contribution in [0.2, 0.25) is 0 Å². The summed E-state index contributed by atoms with van der Waals surface area (Å²) in [7, 11) is 0. The maximum absolute atomic E-state index is 11.8. The zero-order chi connectivity index (χ0) is 17.2. The normalized spacial score (nSPS) is 20.1. The minimum atomic E-state index is -1.67. The van der Waals surface area contributed by atoms with E-state index in [4.69, 9.17) is 9.47 Å². The summed E-state index contributed by atoms with van der Waals surface area (Å²) in [6, 6.07) is 2.71. The van der Waals surface area contributed by atoms with Crippen LogP contribution >= 0.6 is 0 Å². The number of hydrogen-bond donors (Lipinski definition) is 1. The predicted molar refractivity (Wildman–Crippen MR) is 79.8 cm³/mol. The van der Waals surface area contributed by atoms with Gasteiger partial charge in [0.2, 0.25) is 0 Å². The third-order valence-corrected chi connectivity index (χ3v) is 3.60. The number of esters is 2. The molecule has 0 aromatic carbocycles. The first-order valence-corrected chi connectivity index (χ1v) is 7.23. The van der Waals surface area contributed by atoms with E-state index in [0.717, 1.165) is 12.2 Å². The van der Waals surface area contributed by atoms with Crippen LogP contribution in [0.4, 0.5) is 11.5 Å². The lowest BCUT2D eigenvalue weighted by molar-refractivity contribution is -0.389. The third-order valence-electron chi connectivity index (χ3n) is 3.60. The first kappa shape index (κ1) is 15.9. The van der Waals surface area contributed by atoms with Gasteiger partial charge in [0.25, 0.3) is 0 Å². The van der Waals surface area contributed by atoms with Gasteiger partial charge in [-0.15, -0.1) is 0 Å². The van der Waals surface area contributed by atoms with Crippen molar-refractivity contribution < 1.29 is 24.0 Å². The fraction of sp³-hybridized carbons (Fsp3) is 0.357. The molecule has 1 fully saturated rings. The highest BCUT2D eigenvalue weighted by atomic mass is 16.8. The van der Waals surface area contributed by atoms with E-state index in [1.54, 1.807) is 4.90 Å². The second-order valence-electron chi connectivity index (χ2n) is 5.20. The van der Waals surface area contributed by atoms with Crippen LogP contribution in [0.15, 0.2) is 30.5 Å². The number of pyridine rings is 1. The zero-order valence-electron chi connectivity index (χ0n) is 12.5. The van der Waals surface area contributed by atoms with Gasteiger partial charge >= 0.3 is 23.7 Å². The molecule has 0 atom stereocenters. The summed E-state index contributed by atoms with van der Waals surface area (Å²) in [6.07, 6.45) is 3.95. The molecule has 0 radical (unpaired) electrons. The summed E-state index contributed by atoms with van der Waals surface area (Å²) >= 11 is 0. The number of carbonyl (C=O) groups excluding carboxylic acids is 2. The summed E-state index contributed by atoms with van der Waals surface area (Å²) in [5.74, 6) is -3.42. The molecule has 1 aromatic rings. The lowest BCUT2D eigenvalue weighted by atomic mass is 10.3. The summed E-state index contributed by atoms with van der Waals surface area (Å²) in [6.45, 7) is 1.08. The summed E-state index contributed by atoms with van der Waals surface area (Å²) < 4.78 is 10.7. The number of anilines is 1. The highest BCUT2D eigenvalue weighted by Gasteiger charge is 2.47. The number of nitrogens with zero attached hydrogens (tertiary/aromatic N) is 3. The van der Waals surface area contributed by atoms with Gasteiger partial charge in [-0.2, -0.15) is 0 Å². The second kappa shape index (κ2) is 6.24. The smallest absolute Gasteiger partial charge is 0.363 e. The van der Waals surface area contributed by atoms with Crippen molar-refractivity contribution in [2.75, 3.05) is 24.5 Å². The summed E-state index contributed by atoms with van der Waals surface area (Å²) in [5.41, 5.74) is 0.437. The van der Waals surface area contributed by atoms with Crippen LogP contribution in [0.5, 0.6) is 0 Å². The Morgan fingerprint density at radius 3 is 2.54 bits per heavy atom. The van der Waals surface area contributed by atoms with Crippen LogP contribution in [-0.2, 0) is 19.1 Å². The third kappa shape index (κ3) is 3.04. The molecular weight excluding hydrogens is 320 g/mol. The fourth-order valence-corrected chi connectivity index (χ4v) is 2.57. The van der Waals surface area contributed by atoms with Gasteiger partial charge < -0.3 is 24.9 Å². The Morgan fingerprint density at radius 2 is 1.96 bits per heavy atom. The number of carbonyl (C=O) groups is 2. The van der Waals surface area contributed by atoms with Crippen LogP contribution in [0.1, 0.15) is 6.42 Å². The first-order valence-electron chi connectivity index (χ1n) is 7.23. The van der Waals surface area contributed by atoms with E-state index < -0.39 is 22.8 Å². The fourth-order valence-electron chi connectivity index (χ4n) is 2.57. The summed E-state index contributed by atoms with van der Waals surface area (Å²) in [5, 5.41) is 13.8. The van der Waals surface area contributed by atoms with E-state index >= 15 is 0 Å². The number of nitro groups is 1. The Kier molecular flexibility index (Phi) is 4.13. The van der Waals surface area contributed by atoms with Gasteiger partial charge in [-0.05, 0) is 28.9 Å². The van der Waals surface area contributed by atoms with Crippen LogP contribution in [0, 0.1) is 10.1 Å². The van der Waals surface area contributed by atoms with Crippen LogP contribution < -0.4 is 10.2 Å². The lowest BCUT2D eigenvalue weighted by Crippen LogP contribution is -2.58. The number of aromatic nitrogens is 1. The van der Waals surface area contributed by atoms with Crippen molar-refractivity contribution in [3.8, 4) is 0 Å². The topological polar surface area (TPSA) is 124 Å². The van der Waals surface area contributed by atoms with E-state index in [2.05, 4.69) is 10.3 Å². The summed E-state index contributed by atoms with van der Waals surface area (Å²) in [4.78, 5) is 39.1. The van der Waals surface area contributed by atoms with Crippen molar-refractivity contribution in [2.45, 2.75) is 12.3 Å². The number of nitrogens with one attached hydrogen (secondary N) is 1. The monoisotopic (exact) mass is 334 g/mol. The minimum absolute atomic E-state index is 0.0587. The largest absolute Gasteiger partial charge is 0.399 e. The Labute approximate surface area is 136 Å². The molecule has 10 nitrogen and oxygen atoms in total. The molecule has 1 saturated heterocycles. The van der Waals surface area contributed by atoms with Gasteiger partial charge in [0.05, 0.1) is 12.2 Å². The molecule has 1 N–H and O–H groups in total. The molecule has 2 aliphatic rings. The zero-order valence-corrected chi connectivity index (χ0v) is 12.5. The second-order valence-corrected chi connectivity index (χ2v) is 5.20. The molecule has 0 bridgehead atoms. The minimum Gasteiger partial charge on any atom is -0.399 e. The molecule has 3 heterocycles. The molecule has 1 spiro atoms. The first-order chi connectivity index (χ1) is 11.5. The maximum atomic E-state index is 11.8. The Morgan fingerprint density at radius 1 is 1.25 bits per heavy atom. The van der Waals surface area contributed by atoms with Gasteiger partial charge in [0.1, 0.15) is 0 Å². The van der Waals surface area contributed by atoms with Crippen LogP contribution in [0.3, 0.4) is 0 Å². The number of rotatable bonds is 2. The molecule has 126 valence electrons. The Hall–Kier alpha value is -3.01. The van der Waals surface area contributed by atoms with E-state index in [-0.39, 0.29) is 12.4 Å². The van der Waals surface area contributed by atoms with Crippen LogP contribution in [-0.4, -0.2) is 47.4 Å². The number of hydrogen-bond acceptors (Lipinski definition) is 9. The molecule has 10 heteroatoms. The van der Waals surface area contributed by atoms with E-state index in [1.165, 1.54) is 18.3 Å². The van der Waals surface area contributed by atoms with Gasteiger partial charge in [0.15, 0.2) is 6.20 Å². The van der Waals surface area contributed by atoms with Crippen molar-refractivity contribution in [1.29, 1.82) is 0 Å². The molecule has 1 aromatic heterocycles. The average molecular weight is 334 g/mol. The SMILES string of the molecule is O=C1C=CC(=O)OC2(CNCCCN2c2ccc([N+](=O)[O-])nc2)O1. The van der Waals surface area contributed by atoms with Crippen molar-refractivity contribution in [3.05, 3.63) is 40.6 Å². The van der Waals surface area contributed by atoms with E-state index in [1.807, 2.05) is 0 Å². The number of ether oxygens (including phenoxy) is 2. The van der Waals surface area contributed by atoms with Crippen LogP contribution in [0.25, 0.3) is 0 Å². The van der Waals surface area contributed by atoms with E-state index in [0.29, 0.717) is 25.2 Å². The predicted octanol–water partition coefficient (Wildman–Crippen LogP) is 0.0995. The lowest BCUT2D eigenvalue weighted by Gasteiger charge is -2.39. The quantitative estimate of drug-likeness (QED) is 0.455. The molecule has 0 aliphatic carbocycles. The highest BCUT2D eigenvalue weighted by molar-refractivity contribution is 5.93. The van der Waals surface area contributed by atoms with Crippen molar-refractivity contribution in [2.24, 2.45) is 0 Å². The van der Waals surface area contributed by atoms with Gasteiger partial charge in [-0.1, -0.05) is 0 Å². The maximum Gasteiger partial charge on any atom is 0.363 e. The van der Waals surface area contributed by atoms with Crippen molar-refractivity contribution >= 4 is 23.4 Å². The Balaban J connectivity index is 1.99. The highest BCUT2D eigenvalue weighted by Crippen LogP contribution is 2.30. The molecule has 3 rings (SSSR count). The van der Waals surface area contributed by atoms with Gasteiger partial charge in [-0.3, -0.25) is 4.90 Å². The van der Waals surface area contributed by atoms with E-state index in [9.17, 15) is 19.7 Å². The Bertz CT molecular complexity index is 682. The standard InChI is InChI=1S/C14H14N4O6/c19-12-4-5-13(20)24-14(23-12)9-15-6-1-7-17(14)10-2-3-11(16-8-10)18(21)22/h2-5,8,15H,1,6-7,9H2. The van der Waals surface area contributed by atoms with Crippen molar-refractivity contribution in [3.63, 3.8) is 0 Å². The molecule has 2 aliphatic heterocycles.